The Kier molecular flexibility index (Phi) is 5.04. The van der Waals surface area contributed by atoms with Crippen LogP contribution in [0, 0.1) is 0 Å². The van der Waals surface area contributed by atoms with Crippen molar-refractivity contribution in [2.75, 3.05) is 18.5 Å². The molecule has 7 nitrogen and oxygen atoms in total. The summed E-state index contributed by atoms with van der Waals surface area (Å²) in [5.41, 5.74) is 9.80. The van der Waals surface area contributed by atoms with Gasteiger partial charge in [-0.1, -0.05) is 28.9 Å². The van der Waals surface area contributed by atoms with Gasteiger partial charge in [-0.3, -0.25) is 10.7 Å². The summed E-state index contributed by atoms with van der Waals surface area (Å²) >= 11 is 1.77. The molecule has 28 heavy (non-hydrogen) atoms. The van der Waals surface area contributed by atoms with E-state index >= 15 is 0 Å². The van der Waals surface area contributed by atoms with Crippen LogP contribution in [-0.2, 0) is 13.6 Å². The van der Waals surface area contributed by atoms with Gasteiger partial charge >= 0.3 is 0 Å². The Morgan fingerprint density at radius 3 is 2.89 bits per heavy atom. The van der Waals surface area contributed by atoms with E-state index in [-0.39, 0.29) is 0 Å². The second kappa shape index (κ2) is 7.63. The van der Waals surface area contributed by atoms with Gasteiger partial charge in [0.1, 0.15) is 0 Å². The fourth-order valence-electron chi connectivity index (χ4n) is 3.34. The molecule has 1 aliphatic heterocycles. The van der Waals surface area contributed by atoms with E-state index in [1.165, 1.54) is 10.6 Å². The van der Waals surface area contributed by atoms with Crippen LogP contribution in [0.5, 0.6) is 0 Å². The van der Waals surface area contributed by atoms with Gasteiger partial charge in [0.25, 0.3) is 5.65 Å². The lowest BCUT2D eigenvalue weighted by atomic mass is 10.3. The SMILES string of the molecule is CC(N)=[NH+]CCC[n+]1cnc(C=C2Sc3ccccc3N2C)c2c1ncn2C. The van der Waals surface area contributed by atoms with Gasteiger partial charge in [-0.2, -0.15) is 0 Å². The summed E-state index contributed by atoms with van der Waals surface area (Å²) in [6.45, 7) is 3.52. The quantitative estimate of drug-likeness (QED) is 0.287. The van der Waals surface area contributed by atoms with E-state index in [2.05, 4.69) is 56.8 Å². The molecule has 0 radical (unpaired) electrons. The van der Waals surface area contributed by atoms with Crippen LogP contribution in [0.25, 0.3) is 17.2 Å². The van der Waals surface area contributed by atoms with Crippen molar-refractivity contribution in [3.05, 3.63) is 47.6 Å². The first kappa shape index (κ1) is 18.5. The van der Waals surface area contributed by atoms with Crippen LogP contribution < -0.4 is 20.2 Å². The number of nitrogens with one attached hydrogen (secondary N) is 1. The molecule has 0 saturated heterocycles. The molecule has 0 fully saturated rings. The minimum Gasteiger partial charge on any atom is -0.338 e. The van der Waals surface area contributed by atoms with Crippen molar-refractivity contribution in [3.63, 3.8) is 0 Å². The second-order valence-electron chi connectivity index (χ2n) is 6.93. The normalized spacial score (nSPS) is 15.6. The third-order valence-electron chi connectivity index (χ3n) is 4.78. The highest BCUT2D eigenvalue weighted by molar-refractivity contribution is 8.03. The second-order valence-corrected chi connectivity index (χ2v) is 7.99. The Balaban J connectivity index is 1.65. The number of anilines is 1. The number of para-hydroxylation sites is 1. The van der Waals surface area contributed by atoms with Gasteiger partial charge < -0.3 is 9.47 Å². The number of aryl methyl sites for hydroxylation is 2. The smallest absolute Gasteiger partial charge is 0.291 e. The molecular weight excluding hydrogens is 370 g/mol. The number of nitrogens with zero attached hydrogens (tertiary/aromatic N) is 5. The molecule has 0 aliphatic carbocycles. The Morgan fingerprint density at radius 1 is 1.29 bits per heavy atom. The summed E-state index contributed by atoms with van der Waals surface area (Å²) in [7, 11) is 4.11. The fourth-order valence-corrected chi connectivity index (χ4v) is 4.43. The van der Waals surface area contributed by atoms with E-state index < -0.39 is 0 Å². The molecule has 0 unspecified atom stereocenters. The molecule has 8 heteroatoms. The van der Waals surface area contributed by atoms with Gasteiger partial charge in [0, 0.05) is 38.4 Å². The summed E-state index contributed by atoms with van der Waals surface area (Å²) in [6, 6.07) is 8.44. The highest BCUT2D eigenvalue weighted by Crippen LogP contribution is 2.45. The molecule has 0 atom stereocenters. The van der Waals surface area contributed by atoms with Crippen molar-refractivity contribution < 1.29 is 9.56 Å². The van der Waals surface area contributed by atoms with Gasteiger partial charge in [-0.25, -0.2) is 4.57 Å². The van der Waals surface area contributed by atoms with Gasteiger partial charge in [0.2, 0.25) is 12.2 Å². The number of nitrogens with two attached hydrogens (primary N) is 1. The molecule has 3 aromatic rings. The van der Waals surface area contributed by atoms with Crippen LogP contribution in [-0.4, -0.2) is 34.0 Å². The zero-order valence-electron chi connectivity index (χ0n) is 16.4. The third-order valence-corrected chi connectivity index (χ3v) is 5.95. The zero-order valence-corrected chi connectivity index (χ0v) is 17.2. The van der Waals surface area contributed by atoms with Crippen LogP contribution >= 0.6 is 11.8 Å². The molecule has 0 amide bonds. The van der Waals surface area contributed by atoms with Crippen molar-refractivity contribution in [3.8, 4) is 0 Å². The van der Waals surface area contributed by atoms with Gasteiger partial charge in [-0.05, 0) is 12.1 Å². The van der Waals surface area contributed by atoms with Crippen LogP contribution in [0.1, 0.15) is 19.0 Å². The maximum Gasteiger partial charge on any atom is 0.291 e. The van der Waals surface area contributed by atoms with Crippen molar-refractivity contribution in [2.45, 2.75) is 24.8 Å². The zero-order chi connectivity index (χ0) is 19.7. The van der Waals surface area contributed by atoms with Gasteiger partial charge in [0.15, 0.2) is 17.5 Å². The molecule has 0 spiro atoms. The summed E-state index contributed by atoms with van der Waals surface area (Å²) in [4.78, 5) is 16.0. The third kappa shape index (κ3) is 3.47. The molecule has 4 rings (SSSR count). The van der Waals surface area contributed by atoms with Crippen molar-refractivity contribution in [1.82, 2.24) is 14.5 Å². The van der Waals surface area contributed by atoms with Gasteiger partial charge in [0.05, 0.1) is 23.8 Å². The number of thioether (sulfide) groups is 1. The average Bonchev–Trinajstić information content (AvgIpc) is 3.22. The summed E-state index contributed by atoms with van der Waals surface area (Å²) in [6.07, 6.45) is 6.82. The Hall–Kier alpha value is -2.87. The Morgan fingerprint density at radius 2 is 2.11 bits per heavy atom. The molecule has 3 N–H and O–H groups in total. The molecule has 0 bridgehead atoms. The first-order valence-corrected chi connectivity index (χ1v) is 10.1. The molecule has 2 aromatic heterocycles. The summed E-state index contributed by atoms with van der Waals surface area (Å²) in [5.74, 6) is 0.743. The first-order valence-electron chi connectivity index (χ1n) is 9.29. The highest BCUT2D eigenvalue weighted by Gasteiger charge is 2.24. The van der Waals surface area contributed by atoms with Crippen LogP contribution in [0.2, 0.25) is 0 Å². The largest absolute Gasteiger partial charge is 0.338 e. The monoisotopic (exact) mass is 395 g/mol. The topological polar surface area (TPSA) is 77.8 Å². The lowest BCUT2D eigenvalue weighted by Crippen LogP contribution is -2.75. The number of rotatable bonds is 5. The molecule has 1 aliphatic rings. The molecule has 144 valence electrons. The van der Waals surface area contributed by atoms with E-state index in [9.17, 15) is 0 Å². The maximum absolute atomic E-state index is 5.66. The van der Waals surface area contributed by atoms with E-state index in [0.717, 1.165) is 47.2 Å². The Labute approximate surface area is 168 Å². The number of hydrogen-bond acceptors (Lipinski definition) is 4. The molecule has 1 aromatic carbocycles. The van der Waals surface area contributed by atoms with E-state index in [1.807, 2.05) is 31.2 Å². The van der Waals surface area contributed by atoms with E-state index in [1.54, 1.807) is 11.8 Å². The molecular formula is C20H25N7S+2. The summed E-state index contributed by atoms with van der Waals surface area (Å²) < 4.78 is 4.14. The summed E-state index contributed by atoms with van der Waals surface area (Å²) in [5, 5.41) is 1.16. The van der Waals surface area contributed by atoms with Crippen LogP contribution in [0.15, 0.2) is 46.8 Å². The van der Waals surface area contributed by atoms with Crippen molar-refractivity contribution >= 4 is 40.5 Å². The highest BCUT2D eigenvalue weighted by atomic mass is 32.2. The lowest BCUT2D eigenvalue weighted by molar-refractivity contribution is -0.679. The number of amidine groups is 1. The van der Waals surface area contributed by atoms with Crippen LogP contribution in [0.4, 0.5) is 5.69 Å². The number of benzene rings is 1. The lowest BCUT2D eigenvalue weighted by Gasteiger charge is -2.12. The molecule has 0 saturated carbocycles. The fraction of sp³-hybridized carbons (Fsp3) is 0.300. The average molecular weight is 396 g/mol. The maximum atomic E-state index is 5.66. The van der Waals surface area contributed by atoms with E-state index in [0.29, 0.717) is 0 Å². The first-order chi connectivity index (χ1) is 13.5. The number of imidazole rings is 1. The standard InChI is InChI=1S/C20H24N7S/c1-14(21)22-9-6-10-27-13-23-15(19-20(27)24-12-25(19)2)11-18-26(3)16-7-4-5-8-17(16)28-18/h4-5,7-8,11-13H,6,9-10H2,1-3H3,(H2,21,22)/q+1/p+1. The van der Waals surface area contributed by atoms with E-state index in [4.69, 9.17) is 10.7 Å². The number of fused-ring (bicyclic) bond motifs is 2. The van der Waals surface area contributed by atoms with Gasteiger partial charge in [-0.15, -0.1) is 4.98 Å². The van der Waals surface area contributed by atoms with Crippen molar-refractivity contribution in [2.24, 2.45) is 12.8 Å². The van der Waals surface area contributed by atoms with Crippen LogP contribution in [0.3, 0.4) is 0 Å². The predicted octanol–water partition coefficient (Wildman–Crippen LogP) is 0.644. The predicted molar refractivity (Wildman–Crippen MR) is 113 cm³/mol. The Bertz CT molecular complexity index is 1080. The number of hydrogen-bond donors (Lipinski definition) is 2. The minimum absolute atomic E-state index is 0.743. The molecule has 3 heterocycles. The minimum atomic E-state index is 0.743. The van der Waals surface area contributed by atoms with Crippen molar-refractivity contribution in [1.29, 1.82) is 0 Å². The number of aromatic nitrogens is 4.